The molecule has 23 heavy (non-hydrogen) atoms. The quantitative estimate of drug-likeness (QED) is 0.207. The number of carbonyl (C=O) groups is 3. The van der Waals surface area contributed by atoms with Gasteiger partial charge in [-0.05, 0) is 38.0 Å². The van der Waals surface area contributed by atoms with E-state index in [0.29, 0.717) is 25.3 Å². The lowest BCUT2D eigenvalue weighted by Crippen LogP contribution is -2.38. The van der Waals surface area contributed by atoms with Crippen LogP contribution in [0.25, 0.3) is 0 Å². The molecule has 2 amide bonds. The van der Waals surface area contributed by atoms with Gasteiger partial charge >= 0.3 is 12.0 Å². The summed E-state index contributed by atoms with van der Waals surface area (Å²) >= 11 is 0. The molecule has 0 aliphatic heterocycles. The minimum Gasteiger partial charge on any atom is -0.481 e. The first-order chi connectivity index (χ1) is 11.1. The van der Waals surface area contributed by atoms with E-state index >= 15 is 0 Å². The number of urea groups is 1. The maximum absolute atomic E-state index is 11.6. The fraction of sp³-hybridized carbons (Fsp3) is 0.714. The summed E-state index contributed by atoms with van der Waals surface area (Å²) < 4.78 is 0. The Labute approximate surface area is 136 Å². The van der Waals surface area contributed by atoms with Crippen molar-refractivity contribution in [1.82, 2.24) is 16.0 Å². The molecule has 8 nitrogen and oxygen atoms in total. The molecular weight excluding hydrogens is 299 g/mol. The van der Waals surface area contributed by atoms with Gasteiger partial charge in [0.15, 0.2) is 0 Å². The van der Waals surface area contributed by atoms with E-state index < -0.39 is 5.97 Å². The third kappa shape index (κ3) is 7.78. The lowest BCUT2D eigenvalue weighted by Gasteiger charge is -2.25. The van der Waals surface area contributed by atoms with Crippen molar-refractivity contribution >= 4 is 31.8 Å². The van der Waals surface area contributed by atoms with Gasteiger partial charge < -0.3 is 20.4 Å². The molecule has 1 rings (SSSR count). The monoisotopic (exact) mass is 324 g/mol. The summed E-state index contributed by atoms with van der Waals surface area (Å²) in [5.41, 5.74) is 2.39. The van der Waals surface area contributed by atoms with Crippen molar-refractivity contribution in [2.24, 2.45) is 16.9 Å². The average Bonchev–Trinajstić information content (AvgIpc) is 2.56. The first-order valence-electron chi connectivity index (χ1n) is 8.03. The summed E-state index contributed by atoms with van der Waals surface area (Å²) in [5, 5.41) is 18.5. The highest BCUT2D eigenvalue weighted by molar-refractivity contribution is 6.64. The largest absolute Gasteiger partial charge is 0.481 e. The van der Waals surface area contributed by atoms with E-state index in [9.17, 15) is 14.4 Å². The minimum atomic E-state index is -0.725. The van der Waals surface area contributed by atoms with Crippen LogP contribution >= 0.6 is 0 Å². The van der Waals surface area contributed by atoms with E-state index in [2.05, 4.69) is 21.1 Å². The molecule has 1 fully saturated rings. The van der Waals surface area contributed by atoms with Crippen LogP contribution in [0.3, 0.4) is 0 Å². The highest BCUT2D eigenvalue weighted by Crippen LogP contribution is 2.28. The Morgan fingerprint density at radius 3 is 2.61 bits per heavy atom. The normalized spacial score (nSPS) is 22.3. The van der Waals surface area contributed by atoms with Crippen molar-refractivity contribution in [2.75, 3.05) is 6.54 Å². The molecule has 1 aliphatic carbocycles. The summed E-state index contributed by atoms with van der Waals surface area (Å²) in [4.78, 5) is 32.8. The van der Waals surface area contributed by atoms with Gasteiger partial charge in [0.05, 0.1) is 12.1 Å². The first kappa shape index (κ1) is 19.2. The Bertz CT molecular complexity index is 425. The number of hydrogen-bond donors (Lipinski definition) is 4. The molecule has 0 aromatic carbocycles. The Morgan fingerprint density at radius 2 is 2.04 bits per heavy atom. The van der Waals surface area contributed by atoms with Gasteiger partial charge in [0, 0.05) is 18.8 Å². The Balaban J connectivity index is 2.19. The molecule has 0 aromatic rings. The fourth-order valence-corrected chi connectivity index (χ4v) is 2.58. The van der Waals surface area contributed by atoms with Crippen LogP contribution in [0.2, 0.25) is 0 Å². The van der Waals surface area contributed by atoms with Gasteiger partial charge in [0.1, 0.15) is 0 Å². The Morgan fingerprint density at radius 1 is 1.35 bits per heavy atom. The molecular formula is C14H25BN4O4. The number of hydrazone groups is 1. The number of carbonyl (C=O) groups excluding carboxylic acids is 2. The number of amides is 2. The fourth-order valence-electron chi connectivity index (χ4n) is 2.58. The van der Waals surface area contributed by atoms with Gasteiger partial charge in [0.2, 0.25) is 0 Å². The molecule has 1 unspecified atom stereocenters. The van der Waals surface area contributed by atoms with Crippen LogP contribution in [-0.4, -0.2) is 49.5 Å². The molecule has 1 atom stereocenters. The Kier molecular flexibility index (Phi) is 8.97. The lowest BCUT2D eigenvalue weighted by atomic mass is 9.82. The van der Waals surface area contributed by atoms with Crippen LogP contribution in [-0.2, 0) is 9.59 Å². The van der Waals surface area contributed by atoms with E-state index in [-0.39, 0.29) is 25.4 Å². The molecule has 1 aliphatic rings. The minimum absolute atomic E-state index is 0.0632. The molecule has 4 N–H and O–H groups in total. The van der Waals surface area contributed by atoms with Crippen molar-refractivity contribution in [3.63, 3.8) is 0 Å². The third-order valence-electron chi connectivity index (χ3n) is 4.07. The number of nitrogens with zero attached hydrogens (tertiary/aromatic N) is 1. The van der Waals surface area contributed by atoms with Crippen LogP contribution < -0.4 is 16.0 Å². The molecule has 0 spiro atoms. The lowest BCUT2D eigenvalue weighted by molar-refractivity contribution is -0.143. The van der Waals surface area contributed by atoms with Gasteiger partial charge in [-0.2, -0.15) is 5.10 Å². The van der Waals surface area contributed by atoms with Crippen LogP contribution in [0.15, 0.2) is 5.10 Å². The maximum atomic E-state index is 11.6. The number of hydrogen-bond acceptors (Lipinski definition) is 5. The van der Waals surface area contributed by atoms with Crippen molar-refractivity contribution < 1.29 is 19.5 Å². The van der Waals surface area contributed by atoms with Crippen molar-refractivity contribution in [3.8, 4) is 0 Å². The molecule has 0 radical (unpaired) electrons. The summed E-state index contributed by atoms with van der Waals surface area (Å²) in [6.07, 6.45) is 6.05. The van der Waals surface area contributed by atoms with Gasteiger partial charge in [-0.1, -0.05) is 6.92 Å². The van der Waals surface area contributed by atoms with Crippen LogP contribution in [0, 0.1) is 11.8 Å². The topological polar surface area (TPSA) is 120 Å². The summed E-state index contributed by atoms with van der Waals surface area (Å²) in [7, 11) is 0.246. The van der Waals surface area contributed by atoms with E-state index in [1.807, 2.05) is 6.92 Å². The van der Waals surface area contributed by atoms with Crippen LogP contribution in [0.5, 0.6) is 0 Å². The number of rotatable bonds is 9. The van der Waals surface area contributed by atoms with E-state index in [1.165, 1.54) is 0 Å². The molecule has 9 heteroatoms. The number of carboxylic acid groups (broad SMARTS) is 1. The highest BCUT2D eigenvalue weighted by atomic mass is 16.4. The van der Waals surface area contributed by atoms with Crippen molar-refractivity contribution in [3.05, 3.63) is 0 Å². The second-order valence-corrected chi connectivity index (χ2v) is 5.75. The molecule has 0 aromatic heterocycles. The van der Waals surface area contributed by atoms with Crippen LogP contribution in [0.4, 0.5) is 4.79 Å². The number of nitrogens with one attached hydrogen (secondary N) is 3. The second kappa shape index (κ2) is 10.8. The highest BCUT2D eigenvalue weighted by Gasteiger charge is 2.25. The van der Waals surface area contributed by atoms with Gasteiger partial charge in [-0.15, -0.1) is 0 Å². The maximum Gasteiger partial charge on any atom is 0.335 e. The van der Waals surface area contributed by atoms with Gasteiger partial charge in [0.25, 0.3) is 7.41 Å². The van der Waals surface area contributed by atoms with E-state index in [1.54, 1.807) is 6.21 Å². The zero-order valence-corrected chi connectivity index (χ0v) is 13.5. The molecule has 0 saturated heterocycles. The van der Waals surface area contributed by atoms with Crippen LogP contribution in [0.1, 0.15) is 39.0 Å². The summed E-state index contributed by atoms with van der Waals surface area (Å²) in [5.74, 6) is -0.648. The molecule has 0 heterocycles. The second-order valence-electron chi connectivity index (χ2n) is 5.75. The SMILES string of the molecule is CCC(/C=N/NC(=O)NCC1CCC(C(=O)O)CC1)NBC=O. The van der Waals surface area contributed by atoms with E-state index in [0.717, 1.165) is 25.4 Å². The number of aliphatic carboxylic acids is 1. The van der Waals surface area contributed by atoms with Gasteiger partial charge in [-0.25, -0.2) is 10.2 Å². The Hall–Kier alpha value is -1.90. The molecule has 128 valence electrons. The van der Waals surface area contributed by atoms with E-state index in [4.69, 9.17) is 5.11 Å². The van der Waals surface area contributed by atoms with Crippen molar-refractivity contribution in [2.45, 2.75) is 45.1 Å². The smallest absolute Gasteiger partial charge is 0.335 e. The summed E-state index contributed by atoms with van der Waals surface area (Å²) in [6.45, 7) is 2.47. The van der Waals surface area contributed by atoms with Gasteiger partial charge in [-0.3, -0.25) is 4.79 Å². The predicted octanol–water partition coefficient (Wildman–Crippen LogP) is 0.0723. The number of carboxylic acids is 1. The zero-order valence-electron chi connectivity index (χ0n) is 13.5. The predicted molar refractivity (Wildman–Crippen MR) is 89.2 cm³/mol. The molecule has 1 saturated carbocycles. The van der Waals surface area contributed by atoms with Crippen molar-refractivity contribution in [1.29, 1.82) is 0 Å². The summed E-state index contributed by atoms with van der Waals surface area (Å²) in [6, 6.07) is -0.446. The average molecular weight is 324 g/mol. The molecule has 0 bridgehead atoms. The standard InChI is InChI=1S/C14H25BN4O4/c1-2-12(18-15-9-20)8-17-19-14(23)16-7-10-3-5-11(6-4-10)13(21)22/h8-12,15,18H,2-7H2,1H3,(H,21,22)(H2,16,19,23)/b17-8+. The zero-order chi connectivity index (χ0) is 17.1. The third-order valence-corrected chi connectivity index (χ3v) is 4.07. The first-order valence-corrected chi connectivity index (χ1v) is 8.03.